The van der Waals surface area contributed by atoms with Gasteiger partial charge in [-0.1, -0.05) is 5.92 Å². The second-order valence-corrected chi connectivity index (χ2v) is 5.58. The molecule has 0 radical (unpaired) electrons. The van der Waals surface area contributed by atoms with Crippen LogP contribution in [0.25, 0.3) is 11.2 Å². The standard InChI is InChI=1S/C17H19N7O/c1-5-6-19-15-13-16(23-17(18)22-15)24(9-21-13)8-12-11(3)14(25-4)10(2)7-20-12/h1,7,9H,6,8H2,2-4H3,(H3,18,19,22,23). The van der Waals surface area contributed by atoms with Crippen LogP contribution in [-0.2, 0) is 6.54 Å². The van der Waals surface area contributed by atoms with Crippen LogP contribution in [0.1, 0.15) is 16.8 Å². The van der Waals surface area contributed by atoms with Gasteiger partial charge in [0.25, 0.3) is 0 Å². The number of pyridine rings is 1. The number of imidazole rings is 1. The van der Waals surface area contributed by atoms with E-state index in [1.807, 2.05) is 18.4 Å². The monoisotopic (exact) mass is 337 g/mol. The van der Waals surface area contributed by atoms with Crippen molar-refractivity contribution < 1.29 is 4.74 Å². The Kier molecular flexibility index (Phi) is 4.39. The van der Waals surface area contributed by atoms with Crippen LogP contribution in [-0.4, -0.2) is 38.2 Å². The first-order valence-electron chi connectivity index (χ1n) is 7.70. The number of ether oxygens (including phenoxy) is 1. The Labute approximate surface area is 145 Å². The highest BCUT2D eigenvalue weighted by molar-refractivity contribution is 5.84. The minimum atomic E-state index is 0.153. The summed E-state index contributed by atoms with van der Waals surface area (Å²) in [6.07, 6.45) is 8.77. The van der Waals surface area contributed by atoms with Crippen molar-refractivity contribution in [3.05, 3.63) is 29.3 Å². The van der Waals surface area contributed by atoms with Crippen LogP contribution in [0, 0.1) is 26.2 Å². The highest BCUT2D eigenvalue weighted by Crippen LogP contribution is 2.26. The Bertz CT molecular complexity index is 971. The predicted octanol–water partition coefficient (Wildman–Crippen LogP) is 1.52. The van der Waals surface area contributed by atoms with Crippen LogP contribution in [0.5, 0.6) is 5.75 Å². The van der Waals surface area contributed by atoms with Gasteiger partial charge in [-0.15, -0.1) is 6.42 Å². The highest BCUT2D eigenvalue weighted by atomic mass is 16.5. The second-order valence-electron chi connectivity index (χ2n) is 5.58. The van der Waals surface area contributed by atoms with E-state index >= 15 is 0 Å². The number of rotatable bonds is 5. The maximum atomic E-state index is 5.82. The summed E-state index contributed by atoms with van der Waals surface area (Å²) in [7, 11) is 1.66. The molecule has 0 amide bonds. The van der Waals surface area contributed by atoms with Crippen molar-refractivity contribution in [2.45, 2.75) is 20.4 Å². The zero-order valence-electron chi connectivity index (χ0n) is 14.4. The topological polar surface area (TPSA) is 104 Å². The highest BCUT2D eigenvalue weighted by Gasteiger charge is 2.15. The van der Waals surface area contributed by atoms with Crippen LogP contribution in [0.2, 0.25) is 0 Å². The molecular formula is C17H19N7O. The molecule has 0 bridgehead atoms. The van der Waals surface area contributed by atoms with Crippen LogP contribution in [0.3, 0.4) is 0 Å². The minimum absolute atomic E-state index is 0.153. The summed E-state index contributed by atoms with van der Waals surface area (Å²) in [4.78, 5) is 17.4. The minimum Gasteiger partial charge on any atom is -0.496 e. The zero-order chi connectivity index (χ0) is 18.0. The smallest absolute Gasteiger partial charge is 0.224 e. The molecule has 0 atom stereocenters. The molecule has 0 saturated carbocycles. The number of fused-ring (bicyclic) bond motifs is 1. The summed E-state index contributed by atoms with van der Waals surface area (Å²) in [6.45, 7) is 4.77. The van der Waals surface area contributed by atoms with E-state index in [2.05, 4.69) is 31.2 Å². The molecule has 8 nitrogen and oxygen atoms in total. The van der Waals surface area contributed by atoms with E-state index in [-0.39, 0.29) is 5.95 Å². The van der Waals surface area contributed by atoms with E-state index in [1.165, 1.54) is 0 Å². The number of nitrogens with two attached hydrogens (primary N) is 1. The summed E-state index contributed by atoms with van der Waals surface area (Å²) in [5, 5.41) is 3.01. The number of hydrogen-bond acceptors (Lipinski definition) is 7. The molecule has 3 N–H and O–H groups in total. The molecule has 0 aliphatic heterocycles. The summed E-state index contributed by atoms with van der Waals surface area (Å²) < 4.78 is 7.34. The first-order chi connectivity index (χ1) is 12.0. The normalized spacial score (nSPS) is 10.6. The van der Waals surface area contributed by atoms with Crippen molar-refractivity contribution >= 4 is 22.9 Å². The van der Waals surface area contributed by atoms with E-state index in [9.17, 15) is 0 Å². The Hall–Kier alpha value is -3.34. The molecule has 128 valence electrons. The van der Waals surface area contributed by atoms with Gasteiger partial charge in [0.15, 0.2) is 17.0 Å². The lowest BCUT2D eigenvalue weighted by atomic mass is 10.1. The van der Waals surface area contributed by atoms with Crippen molar-refractivity contribution in [3.63, 3.8) is 0 Å². The van der Waals surface area contributed by atoms with E-state index in [1.54, 1.807) is 19.6 Å². The number of nitrogens with zero attached hydrogens (tertiary/aromatic N) is 5. The molecule has 0 aliphatic rings. The molecule has 8 heteroatoms. The number of aromatic nitrogens is 5. The summed E-state index contributed by atoms with van der Waals surface area (Å²) >= 11 is 0. The molecule has 0 aromatic carbocycles. The molecule has 25 heavy (non-hydrogen) atoms. The second kappa shape index (κ2) is 6.65. The average Bonchev–Trinajstić information content (AvgIpc) is 2.98. The number of anilines is 2. The summed E-state index contributed by atoms with van der Waals surface area (Å²) in [5.74, 6) is 4.01. The maximum absolute atomic E-state index is 5.82. The molecule has 0 unspecified atom stereocenters. The first-order valence-corrected chi connectivity index (χ1v) is 7.70. The average molecular weight is 337 g/mol. The van der Waals surface area contributed by atoms with Gasteiger partial charge >= 0.3 is 0 Å². The van der Waals surface area contributed by atoms with Crippen LogP contribution < -0.4 is 15.8 Å². The molecule has 0 aliphatic carbocycles. The fourth-order valence-electron chi connectivity index (χ4n) is 2.73. The number of aryl methyl sites for hydroxylation is 1. The number of nitrogens with one attached hydrogen (secondary N) is 1. The van der Waals surface area contributed by atoms with E-state index in [0.29, 0.717) is 30.1 Å². The van der Waals surface area contributed by atoms with Gasteiger partial charge < -0.3 is 20.4 Å². The van der Waals surface area contributed by atoms with Crippen LogP contribution in [0.15, 0.2) is 12.5 Å². The van der Waals surface area contributed by atoms with Gasteiger partial charge in [0.1, 0.15) is 5.75 Å². The van der Waals surface area contributed by atoms with Crippen molar-refractivity contribution in [3.8, 4) is 18.1 Å². The lowest BCUT2D eigenvalue weighted by Gasteiger charge is -2.13. The Morgan fingerprint density at radius 2 is 2.12 bits per heavy atom. The first kappa shape index (κ1) is 16.5. The van der Waals surface area contributed by atoms with Gasteiger partial charge in [0.05, 0.1) is 32.2 Å². The number of nitrogen functional groups attached to an aromatic ring is 1. The van der Waals surface area contributed by atoms with E-state index in [4.69, 9.17) is 16.9 Å². The van der Waals surface area contributed by atoms with Gasteiger partial charge in [-0.3, -0.25) is 4.98 Å². The Morgan fingerprint density at radius 1 is 1.32 bits per heavy atom. The van der Waals surface area contributed by atoms with E-state index < -0.39 is 0 Å². The van der Waals surface area contributed by atoms with Crippen LogP contribution in [0.4, 0.5) is 11.8 Å². The molecule has 0 saturated heterocycles. The fourth-order valence-corrected chi connectivity index (χ4v) is 2.73. The van der Waals surface area contributed by atoms with Gasteiger partial charge in [-0.25, -0.2) is 4.98 Å². The van der Waals surface area contributed by atoms with Crippen LogP contribution >= 0.6 is 0 Å². The number of hydrogen-bond donors (Lipinski definition) is 2. The molecule has 3 aromatic rings. The Balaban J connectivity index is 2.04. The maximum Gasteiger partial charge on any atom is 0.224 e. The van der Waals surface area contributed by atoms with E-state index in [0.717, 1.165) is 22.6 Å². The van der Waals surface area contributed by atoms with Crippen molar-refractivity contribution in [1.29, 1.82) is 0 Å². The molecule has 3 heterocycles. The SMILES string of the molecule is C#CCNc1nc(N)nc2c1ncn2Cc1ncc(C)c(OC)c1C. The third-order valence-electron chi connectivity index (χ3n) is 3.91. The summed E-state index contributed by atoms with van der Waals surface area (Å²) in [6, 6.07) is 0. The number of methoxy groups -OCH3 is 1. The summed E-state index contributed by atoms with van der Waals surface area (Å²) in [5.41, 5.74) is 9.90. The van der Waals surface area contributed by atoms with Crippen molar-refractivity contribution in [2.75, 3.05) is 24.7 Å². The molecule has 3 aromatic heterocycles. The fraction of sp³-hybridized carbons (Fsp3) is 0.294. The Morgan fingerprint density at radius 3 is 2.84 bits per heavy atom. The lowest BCUT2D eigenvalue weighted by Crippen LogP contribution is -2.08. The molecule has 3 rings (SSSR count). The van der Waals surface area contributed by atoms with Gasteiger partial charge in [-0.05, 0) is 13.8 Å². The van der Waals surface area contributed by atoms with Gasteiger partial charge in [0.2, 0.25) is 5.95 Å². The third kappa shape index (κ3) is 3.04. The van der Waals surface area contributed by atoms with Crippen molar-refractivity contribution in [1.82, 2.24) is 24.5 Å². The molecule has 0 spiro atoms. The quantitative estimate of drug-likeness (QED) is 0.680. The lowest BCUT2D eigenvalue weighted by molar-refractivity contribution is 0.406. The molecular weight excluding hydrogens is 318 g/mol. The van der Waals surface area contributed by atoms with Gasteiger partial charge in [-0.2, -0.15) is 9.97 Å². The predicted molar refractivity (Wildman–Crippen MR) is 96.4 cm³/mol. The van der Waals surface area contributed by atoms with Gasteiger partial charge in [0, 0.05) is 17.3 Å². The number of terminal acetylenes is 1. The third-order valence-corrected chi connectivity index (χ3v) is 3.91. The zero-order valence-corrected chi connectivity index (χ0v) is 14.4. The largest absolute Gasteiger partial charge is 0.496 e. The molecule has 0 fully saturated rings. The van der Waals surface area contributed by atoms with Crippen molar-refractivity contribution in [2.24, 2.45) is 0 Å².